The molecule has 0 aliphatic carbocycles. The third-order valence-corrected chi connectivity index (χ3v) is 7.18. The van der Waals surface area contributed by atoms with E-state index in [0.29, 0.717) is 31.3 Å². The molecule has 0 spiro atoms. The number of amides is 1. The van der Waals surface area contributed by atoms with Gasteiger partial charge < -0.3 is 19.7 Å². The summed E-state index contributed by atoms with van der Waals surface area (Å²) in [6, 6.07) is 22.6. The maximum Gasteiger partial charge on any atom is 0.241 e. The first-order chi connectivity index (χ1) is 16.8. The fraction of sp³-hybridized carbons (Fsp3) is 0.300. The Balaban J connectivity index is 1.43. The van der Waals surface area contributed by atoms with Crippen molar-refractivity contribution in [3.8, 4) is 11.5 Å². The Hall–Kier alpha value is -3.73. The number of benzene rings is 3. The molecule has 2 heterocycles. The van der Waals surface area contributed by atoms with Crippen LogP contribution in [0.4, 0.5) is 5.69 Å². The van der Waals surface area contributed by atoms with Gasteiger partial charge in [0.15, 0.2) is 11.5 Å². The van der Waals surface area contributed by atoms with E-state index in [0.717, 1.165) is 16.8 Å². The van der Waals surface area contributed by atoms with Crippen LogP contribution in [0.25, 0.3) is 6.08 Å². The zero-order valence-electron chi connectivity index (χ0n) is 20.8. The van der Waals surface area contributed by atoms with Crippen LogP contribution in [0.3, 0.4) is 0 Å². The molecular formula is C30H32N2O3. The van der Waals surface area contributed by atoms with E-state index in [1.807, 2.05) is 31.2 Å². The lowest BCUT2D eigenvalue weighted by atomic mass is 9.75. The van der Waals surface area contributed by atoms with Crippen LogP contribution >= 0.6 is 0 Å². The number of fused-ring (bicyclic) bond motifs is 3. The summed E-state index contributed by atoms with van der Waals surface area (Å²) in [4.78, 5) is 14.7. The highest BCUT2D eigenvalue weighted by Gasteiger charge is 2.59. The molecule has 3 aromatic carbocycles. The van der Waals surface area contributed by atoms with Gasteiger partial charge in [0.1, 0.15) is 12.3 Å². The molecular weight excluding hydrogens is 436 g/mol. The van der Waals surface area contributed by atoms with E-state index < -0.39 is 5.66 Å². The van der Waals surface area contributed by atoms with Crippen LogP contribution in [0, 0.1) is 6.92 Å². The number of hydrogen-bond acceptors (Lipinski definition) is 4. The predicted molar refractivity (Wildman–Crippen MR) is 140 cm³/mol. The van der Waals surface area contributed by atoms with Crippen molar-refractivity contribution in [2.75, 3.05) is 18.1 Å². The SMILES string of the molecule is CCOc1cc(C=CC23NC(=O)CN2c2ccccc2C3(C)C)ccc1OCc1ccc(C)cc1. The van der Waals surface area contributed by atoms with Gasteiger partial charge in [-0.15, -0.1) is 0 Å². The molecule has 5 nitrogen and oxygen atoms in total. The summed E-state index contributed by atoms with van der Waals surface area (Å²) >= 11 is 0. The zero-order valence-corrected chi connectivity index (χ0v) is 20.8. The van der Waals surface area contributed by atoms with Crippen LogP contribution < -0.4 is 19.7 Å². The molecule has 2 aliphatic heterocycles. The summed E-state index contributed by atoms with van der Waals surface area (Å²) < 4.78 is 12.0. The summed E-state index contributed by atoms with van der Waals surface area (Å²) in [6.07, 6.45) is 4.19. The Morgan fingerprint density at radius 3 is 2.54 bits per heavy atom. The molecule has 0 radical (unpaired) electrons. The Kier molecular flexibility index (Phi) is 5.79. The largest absolute Gasteiger partial charge is 0.490 e. The maximum atomic E-state index is 12.5. The van der Waals surface area contributed by atoms with Crippen molar-refractivity contribution >= 4 is 17.7 Å². The van der Waals surface area contributed by atoms with E-state index in [4.69, 9.17) is 9.47 Å². The zero-order chi connectivity index (χ0) is 24.6. The third-order valence-electron chi connectivity index (χ3n) is 7.18. The summed E-state index contributed by atoms with van der Waals surface area (Å²) in [6.45, 7) is 9.79. The van der Waals surface area contributed by atoms with Crippen LogP contribution in [0.5, 0.6) is 11.5 Å². The highest BCUT2D eigenvalue weighted by Crippen LogP contribution is 2.52. The number of anilines is 1. The van der Waals surface area contributed by atoms with Crippen molar-refractivity contribution in [3.05, 3.63) is 95.1 Å². The van der Waals surface area contributed by atoms with E-state index in [2.05, 4.69) is 85.6 Å². The average Bonchev–Trinajstić information content (AvgIpc) is 3.28. The molecule has 35 heavy (non-hydrogen) atoms. The van der Waals surface area contributed by atoms with Gasteiger partial charge in [0.05, 0.1) is 13.2 Å². The Labute approximate surface area is 207 Å². The smallest absolute Gasteiger partial charge is 0.241 e. The molecule has 1 fully saturated rings. The van der Waals surface area contributed by atoms with Crippen molar-refractivity contribution in [3.63, 3.8) is 0 Å². The van der Waals surface area contributed by atoms with E-state index in [-0.39, 0.29) is 11.3 Å². The maximum absolute atomic E-state index is 12.5. The summed E-state index contributed by atoms with van der Waals surface area (Å²) in [5.41, 5.74) is 4.74. The van der Waals surface area contributed by atoms with Crippen molar-refractivity contribution < 1.29 is 14.3 Å². The van der Waals surface area contributed by atoms with Gasteiger partial charge in [-0.3, -0.25) is 4.79 Å². The first kappa shape index (κ1) is 23.0. The van der Waals surface area contributed by atoms with Gasteiger partial charge in [-0.1, -0.05) is 74.0 Å². The van der Waals surface area contributed by atoms with Gasteiger partial charge in [0.2, 0.25) is 5.91 Å². The lowest BCUT2D eigenvalue weighted by molar-refractivity contribution is -0.118. The number of para-hydroxylation sites is 1. The molecule has 1 saturated heterocycles. The van der Waals surface area contributed by atoms with Gasteiger partial charge in [-0.05, 0) is 54.8 Å². The summed E-state index contributed by atoms with van der Waals surface area (Å²) in [7, 11) is 0. The average molecular weight is 469 g/mol. The summed E-state index contributed by atoms with van der Waals surface area (Å²) in [5.74, 6) is 1.46. The van der Waals surface area contributed by atoms with Crippen molar-refractivity contribution in [1.82, 2.24) is 5.32 Å². The summed E-state index contributed by atoms with van der Waals surface area (Å²) in [5, 5.41) is 3.27. The monoisotopic (exact) mass is 468 g/mol. The molecule has 0 saturated carbocycles. The fourth-order valence-electron chi connectivity index (χ4n) is 5.22. The Morgan fingerprint density at radius 1 is 1.00 bits per heavy atom. The van der Waals surface area contributed by atoms with Crippen LogP contribution in [0.15, 0.2) is 72.8 Å². The Bertz CT molecular complexity index is 1280. The van der Waals surface area contributed by atoms with Crippen molar-refractivity contribution in [2.45, 2.75) is 45.4 Å². The second-order valence-corrected chi connectivity index (χ2v) is 9.79. The molecule has 1 amide bonds. The first-order valence-electron chi connectivity index (χ1n) is 12.2. The molecule has 0 bridgehead atoms. The lowest BCUT2D eigenvalue weighted by Crippen LogP contribution is -2.58. The number of carbonyl (C=O) groups is 1. The van der Waals surface area contributed by atoms with E-state index >= 15 is 0 Å². The Morgan fingerprint density at radius 2 is 1.77 bits per heavy atom. The van der Waals surface area contributed by atoms with Gasteiger partial charge in [-0.2, -0.15) is 0 Å². The molecule has 1 unspecified atom stereocenters. The number of nitrogens with one attached hydrogen (secondary N) is 1. The van der Waals surface area contributed by atoms with E-state index in [1.54, 1.807) is 0 Å². The molecule has 0 aromatic heterocycles. The minimum absolute atomic E-state index is 0.0343. The first-order valence-corrected chi connectivity index (χ1v) is 12.2. The molecule has 3 aromatic rings. The minimum Gasteiger partial charge on any atom is -0.490 e. The minimum atomic E-state index is -0.625. The van der Waals surface area contributed by atoms with Gasteiger partial charge in [0, 0.05) is 11.1 Å². The number of nitrogens with zero attached hydrogens (tertiary/aromatic N) is 1. The standard InChI is InChI=1S/C30H32N2O3/c1-5-34-27-18-22(14-15-26(27)35-20-23-12-10-21(2)11-13-23)16-17-30-29(3,4)24-8-6-7-9-25(24)32(30)19-28(33)31-30/h6-18H,5,19-20H2,1-4H3,(H,31,33). The third kappa shape index (κ3) is 3.95. The highest BCUT2D eigenvalue weighted by molar-refractivity contribution is 5.91. The van der Waals surface area contributed by atoms with Crippen LogP contribution in [0.1, 0.15) is 43.0 Å². The fourth-order valence-corrected chi connectivity index (χ4v) is 5.22. The van der Waals surface area contributed by atoms with Crippen LogP contribution in [-0.2, 0) is 16.8 Å². The van der Waals surface area contributed by atoms with Gasteiger partial charge in [-0.25, -0.2) is 0 Å². The number of ether oxygens (including phenoxy) is 2. The molecule has 1 N–H and O–H groups in total. The van der Waals surface area contributed by atoms with Crippen LogP contribution in [0.2, 0.25) is 0 Å². The van der Waals surface area contributed by atoms with Crippen molar-refractivity contribution in [2.24, 2.45) is 0 Å². The van der Waals surface area contributed by atoms with Crippen molar-refractivity contribution in [1.29, 1.82) is 0 Å². The van der Waals surface area contributed by atoms with Gasteiger partial charge >= 0.3 is 0 Å². The topological polar surface area (TPSA) is 50.8 Å². The van der Waals surface area contributed by atoms with E-state index in [1.165, 1.54) is 11.1 Å². The van der Waals surface area contributed by atoms with Crippen LogP contribution in [-0.4, -0.2) is 24.7 Å². The number of rotatable bonds is 7. The second-order valence-electron chi connectivity index (χ2n) is 9.79. The molecule has 5 rings (SSSR count). The molecule has 5 heteroatoms. The second kappa shape index (κ2) is 8.81. The number of hydrogen-bond donors (Lipinski definition) is 1. The number of aryl methyl sites for hydroxylation is 1. The lowest BCUT2D eigenvalue weighted by Gasteiger charge is -2.40. The predicted octanol–water partition coefficient (Wildman–Crippen LogP) is 5.61. The quantitative estimate of drug-likeness (QED) is 0.490. The normalized spacial score (nSPS) is 20.0. The molecule has 1 atom stereocenters. The van der Waals surface area contributed by atoms with Gasteiger partial charge in [0.25, 0.3) is 0 Å². The number of carbonyl (C=O) groups excluding carboxylic acids is 1. The highest BCUT2D eigenvalue weighted by atomic mass is 16.5. The molecule has 180 valence electrons. The molecule has 2 aliphatic rings. The van der Waals surface area contributed by atoms with E-state index in [9.17, 15) is 4.79 Å².